The highest BCUT2D eigenvalue weighted by molar-refractivity contribution is 6.01. The summed E-state index contributed by atoms with van der Waals surface area (Å²) in [7, 11) is 0. The number of likely N-dealkylation sites (tertiary alicyclic amines) is 1. The zero-order valence-electron chi connectivity index (χ0n) is 20.0. The highest BCUT2D eigenvalue weighted by Gasteiger charge is 2.44. The van der Waals surface area contributed by atoms with Gasteiger partial charge in [0.25, 0.3) is 11.5 Å². The lowest BCUT2D eigenvalue weighted by molar-refractivity contribution is -0.00643. The summed E-state index contributed by atoms with van der Waals surface area (Å²) in [5.41, 5.74) is 2.72. The van der Waals surface area contributed by atoms with Crippen molar-refractivity contribution in [3.8, 4) is 17.2 Å². The molecule has 2 aliphatic rings. The van der Waals surface area contributed by atoms with E-state index >= 15 is 0 Å². The van der Waals surface area contributed by atoms with Crippen LogP contribution in [0.3, 0.4) is 0 Å². The van der Waals surface area contributed by atoms with Gasteiger partial charge in [0.1, 0.15) is 11.4 Å². The molecule has 8 nitrogen and oxygen atoms in total. The Labute approximate surface area is 202 Å². The van der Waals surface area contributed by atoms with Crippen LogP contribution in [-0.2, 0) is 0 Å². The molecule has 180 valence electrons. The summed E-state index contributed by atoms with van der Waals surface area (Å²) in [6, 6.07) is 12.0. The van der Waals surface area contributed by atoms with E-state index in [1.165, 1.54) is 0 Å². The van der Waals surface area contributed by atoms with Gasteiger partial charge >= 0.3 is 0 Å². The van der Waals surface area contributed by atoms with Crippen LogP contribution in [0.15, 0.2) is 47.3 Å². The molecule has 1 aromatic heterocycles. The number of piperidine rings is 1. The van der Waals surface area contributed by atoms with Crippen LogP contribution in [0, 0.1) is 20.8 Å². The Morgan fingerprint density at radius 1 is 1.06 bits per heavy atom. The van der Waals surface area contributed by atoms with Crippen molar-refractivity contribution in [2.45, 2.75) is 45.6 Å². The Kier molecular flexibility index (Phi) is 5.46. The third kappa shape index (κ3) is 3.99. The third-order valence-electron chi connectivity index (χ3n) is 7.10. The molecule has 0 saturated carbocycles. The molecule has 0 aliphatic carbocycles. The van der Waals surface area contributed by atoms with E-state index in [9.17, 15) is 19.5 Å². The maximum atomic E-state index is 13.3. The molecule has 8 heteroatoms. The van der Waals surface area contributed by atoms with Gasteiger partial charge in [0.05, 0.1) is 17.7 Å². The van der Waals surface area contributed by atoms with Crippen molar-refractivity contribution in [1.82, 2.24) is 14.7 Å². The fourth-order valence-electron chi connectivity index (χ4n) is 4.87. The minimum Gasteiger partial charge on any atom is -0.505 e. The van der Waals surface area contributed by atoms with Gasteiger partial charge in [-0.2, -0.15) is 9.78 Å². The summed E-state index contributed by atoms with van der Waals surface area (Å²) in [6.45, 7) is 6.52. The largest absolute Gasteiger partial charge is 0.505 e. The van der Waals surface area contributed by atoms with E-state index < -0.39 is 22.8 Å². The number of aryl methyl sites for hydroxylation is 2. The van der Waals surface area contributed by atoms with Crippen LogP contribution in [0.2, 0.25) is 0 Å². The van der Waals surface area contributed by atoms with E-state index in [2.05, 4.69) is 5.10 Å². The van der Waals surface area contributed by atoms with Gasteiger partial charge in [-0.15, -0.1) is 0 Å². The summed E-state index contributed by atoms with van der Waals surface area (Å²) in [5, 5.41) is 14.6. The lowest BCUT2D eigenvalue weighted by Crippen LogP contribution is -2.52. The second kappa shape index (κ2) is 8.37. The fraction of sp³-hybridized carbons (Fsp3) is 0.333. The van der Waals surface area contributed by atoms with Crippen molar-refractivity contribution >= 4 is 11.7 Å². The first-order valence-corrected chi connectivity index (χ1v) is 11.7. The maximum Gasteiger partial charge on any atom is 0.278 e. The minimum atomic E-state index is -0.657. The lowest BCUT2D eigenvalue weighted by atomic mass is 9.81. The number of ether oxygens (including phenoxy) is 1. The van der Waals surface area contributed by atoms with Gasteiger partial charge in [-0.1, -0.05) is 18.2 Å². The highest BCUT2D eigenvalue weighted by Crippen LogP contribution is 2.42. The standard InChI is InChI=1S/C27H27N3O5/c1-16-5-4-6-19(13-16)30-23(33)14-21(31)24(28-30)26(34)29-11-9-27(10-12-29)15-22(32)20-8-7-17(2)18(3)25(20)35-27/h4-8,13-14,31H,9-12,15H2,1-3H3. The molecule has 1 saturated heterocycles. The molecule has 2 aromatic carbocycles. The summed E-state index contributed by atoms with van der Waals surface area (Å²) in [6.07, 6.45) is 1.23. The molecule has 1 N–H and O–H groups in total. The molecule has 5 rings (SSSR count). The predicted molar refractivity (Wildman–Crippen MR) is 130 cm³/mol. The van der Waals surface area contributed by atoms with E-state index in [1.54, 1.807) is 23.1 Å². The first kappa shape index (κ1) is 22.8. The molecule has 3 heterocycles. The molecule has 1 fully saturated rings. The molecule has 0 bridgehead atoms. The number of amides is 1. The normalized spacial score (nSPS) is 16.7. The Hall–Kier alpha value is -3.94. The quantitative estimate of drug-likeness (QED) is 0.611. The average Bonchev–Trinajstić information content (AvgIpc) is 2.82. The summed E-state index contributed by atoms with van der Waals surface area (Å²) in [4.78, 5) is 40.2. The van der Waals surface area contributed by atoms with E-state index in [0.717, 1.165) is 27.4 Å². The number of carbonyl (C=O) groups excluding carboxylic acids is 2. The van der Waals surface area contributed by atoms with Crippen LogP contribution in [0.1, 0.15) is 56.8 Å². The number of benzene rings is 2. The molecule has 1 spiro atoms. The summed E-state index contributed by atoms with van der Waals surface area (Å²) < 4.78 is 7.56. The Bertz CT molecular complexity index is 1420. The zero-order valence-corrected chi connectivity index (χ0v) is 20.0. The van der Waals surface area contributed by atoms with Crippen LogP contribution in [0.5, 0.6) is 11.5 Å². The second-order valence-corrected chi connectivity index (χ2v) is 9.53. The monoisotopic (exact) mass is 473 g/mol. The van der Waals surface area contributed by atoms with Crippen molar-refractivity contribution in [2.24, 2.45) is 0 Å². The first-order valence-electron chi connectivity index (χ1n) is 11.7. The van der Waals surface area contributed by atoms with Crippen molar-refractivity contribution in [3.05, 3.63) is 80.8 Å². The van der Waals surface area contributed by atoms with Gasteiger partial charge in [0.15, 0.2) is 17.2 Å². The van der Waals surface area contributed by atoms with Crippen molar-refractivity contribution in [2.75, 3.05) is 13.1 Å². The van der Waals surface area contributed by atoms with E-state index in [-0.39, 0.29) is 17.9 Å². The Morgan fingerprint density at radius 3 is 2.51 bits per heavy atom. The van der Waals surface area contributed by atoms with E-state index in [4.69, 9.17) is 4.74 Å². The molecule has 1 amide bonds. The lowest BCUT2D eigenvalue weighted by Gasteiger charge is -2.44. The molecule has 0 atom stereocenters. The third-order valence-corrected chi connectivity index (χ3v) is 7.10. The van der Waals surface area contributed by atoms with Crippen LogP contribution < -0.4 is 10.3 Å². The molecule has 2 aliphatic heterocycles. The number of fused-ring (bicyclic) bond motifs is 1. The van der Waals surface area contributed by atoms with Gasteiger partial charge in [-0.25, -0.2) is 0 Å². The van der Waals surface area contributed by atoms with Gasteiger partial charge in [0.2, 0.25) is 0 Å². The number of hydrogen-bond acceptors (Lipinski definition) is 6. The summed E-state index contributed by atoms with van der Waals surface area (Å²) in [5.74, 6) is -0.217. The van der Waals surface area contributed by atoms with Crippen LogP contribution in [-0.4, -0.2) is 50.2 Å². The molecular weight excluding hydrogens is 446 g/mol. The maximum absolute atomic E-state index is 13.3. The van der Waals surface area contributed by atoms with Crippen molar-refractivity contribution in [1.29, 1.82) is 0 Å². The molecule has 0 unspecified atom stereocenters. The van der Waals surface area contributed by atoms with Crippen LogP contribution >= 0.6 is 0 Å². The Morgan fingerprint density at radius 2 is 1.80 bits per heavy atom. The first-order chi connectivity index (χ1) is 16.7. The van der Waals surface area contributed by atoms with Gasteiger partial charge in [0, 0.05) is 32.0 Å². The van der Waals surface area contributed by atoms with Crippen LogP contribution in [0.4, 0.5) is 0 Å². The number of carbonyl (C=O) groups is 2. The van der Waals surface area contributed by atoms with Gasteiger partial charge < -0.3 is 14.7 Å². The number of hydrogen-bond donors (Lipinski definition) is 1. The number of rotatable bonds is 2. The highest BCUT2D eigenvalue weighted by atomic mass is 16.5. The average molecular weight is 474 g/mol. The fourth-order valence-corrected chi connectivity index (χ4v) is 4.87. The van der Waals surface area contributed by atoms with Crippen LogP contribution in [0.25, 0.3) is 5.69 Å². The number of nitrogens with zero attached hydrogens (tertiary/aromatic N) is 3. The zero-order chi connectivity index (χ0) is 24.9. The summed E-state index contributed by atoms with van der Waals surface area (Å²) >= 11 is 0. The van der Waals surface area contributed by atoms with Gasteiger partial charge in [-0.3, -0.25) is 14.4 Å². The van der Waals surface area contributed by atoms with E-state index in [1.807, 2.05) is 39.0 Å². The number of aromatic nitrogens is 2. The SMILES string of the molecule is Cc1cccc(-n2nc(C(=O)N3CCC4(CC3)CC(=O)c3ccc(C)c(C)c3O4)c(O)cc2=O)c1. The number of Topliss-reactive ketones (excluding diaryl/α,β-unsaturated/α-hetero) is 1. The minimum absolute atomic E-state index is 0.0543. The Balaban J connectivity index is 1.38. The molecule has 0 radical (unpaired) electrons. The number of aromatic hydroxyl groups is 1. The van der Waals surface area contributed by atoms with Gasteiger partial charge in [-0.05, 0) is 55.7 Å². The number of ketones is 1. The topological polar surface area (TPSA) is 102 Å². The smallest absolute Gasteiger partial charge is 0.278 e. The molecular formula is C27H27N3O5. The van der Waals surface area contributed by atoms with E-state index in [0.29, 0.717) is 42.9 Å². The van der Waals surface area contributed by atoms with Crippen molar-refractivity contribution in [3.63, 3.8) is 0 Å². The second-order valence-electron chi connectivity index (χ2n) is 9.53. The predicted octanol–water partition coefficient (Wildman–Crippen LogP) is 3.50. The van der Waals surface area contributed by atoms with Crippen molar-refractivity contribution < 1.29 is 19.4 Å². The molecule has 35 heavy (non-hydrogen) atoms. The molecule has 3 aromatic rings.